The van der Waals surface area contributed by atoms with Crippen LogP contribution in [-0.4, -0.2) is 21.5 Å². The first-order chi connectivity index (χ1) is 11.1. The number of Topliss-reactive ketones (excluding diaryl/α,β-unsaturated/α-hetero) is 1. The number of fused-ring (bicyclic) bond motifs is 1. The zero-order valence-electron chi connectivity index (χ0n) is 13.0. The van der Waals surface area contributed by atoms with Crippen molar-refractivity contribution in [1.82, 2.24) is 9.78 Å². The molecule has 0 unspecified atom stereocenters. The van der Waals surface area contributed by atoms with Crippen LogP contribution in [0.4, 0.5) is 5.69 Å². The van der Waals surface area contributed by atoms with Crippen LogP contribution in [0.15, 0.2) is 48.7 Å². The molecular weight excluding hydrogens is 290 g/mol. The van der Waals surface area contributed by atoms with Gasteiger partial charge in [0, 0.05) is 29.4 Å². The van der Waals surface area contributed by atoms with Gasteiger partial charge in [-0.1, -0.05) is 18.2 Å². The first kappa shape index (κ1) is 15.0. The molecule has 1 heterocycles. The number of hydrogen-bond donors (Lipinski definition) is 1. The van der Waals surface area contributed by atoms with Crippen LogP contribution in [0.2, 0.25) is 0 Å². The summed E-state index contributed by atoms with van der Waals surface area (Å²) in [4.78, 5) is 24.1. The van der Waals surface area contributed by atoms with Crippen LogP contribution in [0, 0.1) is 0 Å². The van der Waals surface area contributed by atoms with E-state index in [4.69, 9.17) is 0 Å². The first-order valence-corrected chi connectivity index (χ1v) is 7.47. The number of aromatic nitrogens is 2. The van der Waals surface area contributed by atoms with Crippen molar-refractivity contribution in [2.45, 2.75) is 20.4 Å². The number of ketones is 1. The molecule has 3 aromatic rings. The van der Waals surface area contributed by atoms with Gasteiger partial charge in [0.1, 0.15) is 0 Å². The summed E-state index contributed by atoms with van der Waals surface area (Å²) in [6, 6.07) is 12.4. The molecule has 0 atom stereocenters. The van der Waals surface area contributed by atoms with Gasteiger partial charge in [-0.25, -0.2) is 0 Å². The van der Waals surface area contributed by atoms with E-state index in [9.17, 15) is 9.59 Å². The van der Waals surface area contributed by atoms with Crippen molar-refractivity contribution < 1.29 is 9.59 Å². The van der Waals surface area contributed by atoms with Gasteiger partial charge in [0.2, 0.25) is 0 Å². The quantitative estimate of drug-likeness (QED) is 0.750. The molecule has 0 spiro atoms. The summed E-state index contributed by atoms with van der Waals surface area (Å²) in [6.07, 6.45) is 1.96. The van der Waals surface area contributed by atoms with Crippen molar-refractivity contribution in [3.8, 4) is 0 Å². The van der Waals surface area contributed by atoms with E-state index in [0.29, 0.717) is 16.8 Å². The van der Waals surface area contributed by atoms with Gasteiger partial charge in [-0.3, -0.25) is 14.3 Å². The summed E-state index contributed by atoms with van der Waals surface area (Å²) in [5.41, 5.74) is 2.27. The highest BCUT2D eigenvalue weighted by Gasteiger charge is 2.14. The highest BCUT2D eigenvalue weighted by Crippen LogP contribution is 2.19. The lowest BCUT2D eigenvalue weighted by atomic mass is 10.0. The lowest BCUT2D eigenvalue weighted by molar-refractivity contribution is 0.0985. The Kier molecular flexibility index (Phi) is 3.93. The molecule has 2 aromatic carbocycles. The predicted molar refractivity (Wildman–Crippen MR) is 89.8 cm³/mol. The van der Waals surface area contributed by atoms with Crippen LogP contribution in [0.3, 0.4) is 0 Å². The Hall–Kier alpha value is -2.95. The monoisotopic (exact) mass is 307 g/mol. The zero-order valence-corrected chi connectivity index (χ0v) is 13.0. The van der Waals surface area contributed by atoms with E-state index in [2.05, 4.69) is 10.4 Å². The fourth-order valence-corrected chi connectivity index (χ4v) is 2.49. The normalized spacial score (nSPS) is 10.7. The topological polar surface area (TPSA) is 64.0 Å². The number of aryl methyl sites for hydroxylation is 1. The number of carbonyl (C=O) groups excluding carboxylic acids is 2. The van der Waals surface area contributed by atoms with Gasteiger partial charge in [0.05, 0.1) is 11.1 Å². The van der Waals surface area contributed by atoms with Crippen molar-refractivity contribution >= 4 is 28.3 Å². The Morgan fingerprint density at radius 1 is 1.13 bits per heavy atom. The van der Waals surface area contributed by atoms with E-state index in [-0.39, 0.29) is 11.7 Å². The summed E-state index contributed by atoms with van der Waals surface area (Å²) in [6.45, 7) is 4.27. The molecule has 0 fully saturated rings. The number of nitrogens with one attached hydrogen (secondary N) is 1. The SMILES string of the molecule is CCn1cc2ccc(NC(=O)c3ccccc3C(C)=O)cc2n1. The molecule has 1 aromatic heterocycles. The second-order valence-electron chi connectivity index (χ2n) is 5.31. The molecule has 0 aliphatic carbocycles. The van der Waals surface area contributed by atoms with E-state index in [1.807, 2.05) is 36.0 Å². The third kappa shape index (κ3) is 2.99. The molecular formula is C18H17N3O2. The predicted octanol–water partition coefficient (Wildman–Crippen LogP) is 3.51. The largest absolute Gasteiger partial charge is 0.322 e. The van der Waals surface area contributed by atoms with Crippen LogP contribution < -0.4 is 5.32 Å². The molecule has 0 saturated heterocycles. The van der Waals surface area contributed by atoms with E-state index in [1.54, 1.807) is 24.3 Å². The van der Waals surface area contributed by atoms with Crippen molar-refractivity contribution in [3.05, 3.63) is 59.8 Å². The fourth-order valence-electron chi connectivity index (χ4n) is 2.49. The van der Waals surface area contributed by atoms with Crippen LogP contribution in [0.1, 0.15) is 34.6 Å². The van der Waals surface area contributed by atoms with Crippen LogP contribution in [0.25, 0.3) is 10.9 Å². The van der Waals surface area contributed by atoms with E-state index >= 15 is 0 Å². The van der Waals surface area contributed by atoms with Gasteiger partial charge in [0.15, 0.2) is 5.78 Å². The van der Waals surface area contributed by atoms with Gasteiger partial charge in [0.25, 0.3) is 5.91 Å². The number of anilines is 1. The molecule has 5 nitrogen and oxygen atoms in total. The molecule has 5 heteroatoms. The Balaban J connectivity index is 1.89. The fraction of sp³-hybridized carbons (Fsp3) is 0.167. The Morgan fingerprint density at radius 2 is 1.87 bits per heavy atom. The lowest BCUT2D eigenvalue weighted by Crippen LogP contribution is -2.15. The highest BCUT2D eigenvalue weighted by molar-refractivity contribution is 6.12. The molecule has 116 valence electrons. The van der Waals surface area contributed by atoms with Crippen LogP contribution in [0.5, 0.6) is 0 Å². The summed E-state index contributed by atoms with van der Waals surface area (Å²) >= 11 is 0. The number of carbonyl (C=O) groups is 2. The van der Waals surface area contributed by atoms with Gasteiger partial charge in [-0.2, -0.15) is 5.10 Å². The Labute approximate surface area is 133 Å². The maximum Gasteiger partial charge on any atom is 0.256 e. The summed E-state index contributed by atoms with van der Waals surface area (Å²) in [7, 11) is 0. The maximum absolute atomic E-state index is 12.4. The van der Waals surface area contributed by atoms with Gasteiger partial charge in [-0.05, 0) is 38.1 Å². The van der Waals surface area contributed by atoms with Crippen LogP contribution >= 0.6 is 0 Å². The molecule has 23 heavy (non-hydrogen) atoms. The molecule has 1 amide bonds. The van der Waals surface area contributed by atoms with Gasteiger partial charge in [-0.15, -0.1) is 0 Å². The average molecular weight is 307 g/mol. The van der Waals surface area contributed by atoms with E-state index in [1.165, 1.54) is 6.92 Å². The molecule has 0 bridgehead atoms. The minimum absolute atomic E-state index is 0.132. The standard InChI is InChI=1S/C18H17N3O2/c1-3-21-11-13-8-9-14(10-17(13)20-21)19-18(23)16-7-5-4-6-15(16)12(2)22/h4-11H,3H2,1-2H3,(H,19,23). The molecule has 0 aliphatic rings. The number of amides is 1. The zero-order chi connectivity index (χ0) is 16.4. The minimum atomic E-state index is -0.301. The summed E-state index contributed by atoms with van der Waals surface area (Å²) < 4.78 is 1.85. The smallest absolute Gasteiger partial charge is 0.256 e. The lowest BCUT2D eigenvalue weighted by Gasteiger charge is -2.08. The Bertz CT molecular complexity index is 896. The van der Waals surface area contributed by atoms with Crippen molar-refractivity contribution in [2.75, 3.05) is 5.32 Å². The molecule has 3 rings (SSSR count). The van der Waals surface area contributed by atoms with Gasteiger partial charge >= 0.3 is 0 Å². The molecule has 0 saturated carbocycles. The highest BCUT2D eigenvalue weighted by atomic mass is 16.2. The Morgan fingerprint density at radius 3 is 2.57 bits per heavy atom. The molecule has 0 radical (unpaired) electrons. The number of hydrogen-bond acceptors (Lipinski definition) is 3. The first-order valence-electron chi connectivity index (χ1n) is 7.47. The second-order valence-corrected chi connectivity index (χ2v) is 5.31. The van der Waals surface area contributed by atoms with Crippen molar-refractivity contribution in [2.24, 2.45) is 0 Å². The number of nitrogens with zero attached hydrogens (tertiary/aromatic N) is 2. The van der Waals surface area contributed by atoms with Crippen LogP contribution in [-0.2, 0) is 6.54 Å². The third-order valence-electron chi connectivity index (χ3n) is 3.69. The maximum atomic E-state index is 12.4. The summed E-state index contributed by atoms with van der Waals surface area (Å²) in [5.74, 6) is -0.432. The average Bonchev–Trinajstić information content (AvgIpc) is 2.97. The van der Waals surface area contributed by atoms with E-state index in [0.717, 1.165) is 17.4 Å². The summed E-state index contributed by atoms with van der Waals surface area (Å²) in [5, 5.41) is 8.28. The molecule has 0 aliphatic heterocycles. The number of rotatable bonds is 4. The minimum Gasteiger partial charge on any atom is -0.322 e. The van der Waals surface area contributed by atoms with Gasteiger partial charge < -0.3 is 5.32 Å². The third-order valence-corrected chi connectivity index (χ3v) is 3.69. The van der Waals surface area contributed by atoms with Crippen molar-refractivity contribution in [3.63, 3.8) is 0 Å². The van der Waals surface area contributed by atoms with E-state index < -0.39 is 0 Å². The van der Waals surface area contributed by atoms with Crippen molar-refractivity contribution in [1.29, 1.82) is 0 Å². The molecule has 1 N–H and O–H groups in total. The number of benzene rings is 2. The second kappa shape index (κ2) is 6.04.